The van der Waals surface area contributed by atoms with E-state index in [0.29, 0.717) is 17.3 Å². The minimum atomic E-state index is -0.140. The first-order valence-corrected chi connectivity index (χ1v) is 9.55. The molecule has 1 aromatic carbocycles. The number of benzene rings is 1. The molecule has 136 valence electrons. The van der Waals surface area contributed by atoms with Crippen molar-refractivity contribution in [2.24, 2.45) is 0 Å². The number of thiazole rings is 1. The Labute approximate surface area is 161 Å². The smallest absolute Gasteiger partial charge is 0.252 e. The molecule has 0 saturated heterocycles. The second-order valence-corrected chi connectivity index (χ2v) is 7.41. The van der Waals surface area contributed by atoms with Gasteiger partial charge in [-0.25, -0.2) is 4.98 Å². The molecule has 1 amide bonds. The van der Waals surface area contributed by atoms with E-state index in [2.05, 4.69) is 52.0 Å². The van der Waals surface area contributed by atoms with E-state index in [1.165, 1.54) is 0 Å². The monoisotopic (exact) mass is 424 g/mol. The Morgan fingerprint density at radius 2 is 2.20 bits per heavy atom. The van der Waals surface area contributed by atoms with E-state index in [9.17, 15) is 4.79 Å². The quantitative estimate of drug-likeness (QED) is 0.607. The molecule has 7 heteroatoms. The van der Waals surface area contributed by atoms with Crippen LogP contribution in [0.5, 0.6) is 0 Å². The first-order valence-electron chi connectivity index (χ1n) is 7.94. The molecular weight excluding hydrogens is 400 g/mol. The van der Waals surface area contributed by atoms with Crippen LogP contribution in [0.2, 0.25) is 0 Å². The van der Waals surface area contributed by atoms with Crippen LogP contribution in [0, 0.1) is 6.92 Å². The lowest BCUT2D eigenvalue weighted by Crippen LogP contribution is -2.18. The number of nitrogen functional groups attached to an aromatic ring is 1. The molecule has 0 saturated carbocycles. The number of nitrogens with one attached hydrogen (secondary N) is 2. The number of amides is 1. The molecule has 2 aromatic rings. The van der Waals surface area contributed by atoms with E-state index in [1.54, 1.807) is 24.5 Å². The number of carbonyl (C=O) groups is 1. The van der Waals surface area contributed by atoms with Crippen LogP contribution in [0.3, 0.4) is 0 Å². The summed E-state index contributed by atoms with van der Waals surface area (Å²) in [6.07, 6.45) is 4.77. The minimum absolute atomic E-state index is 0.140. The van der Waals surface area contributed by atoms with Crippen molar-refractivity contribution in [3.63, 3.8) is 0 Å². The Morgan fingerprint density at radius 1 is 1.52 bits per heavy atom. The van der Waals surface area contributed by atoms with Crippen LogP contribution in [-0.4, -0.2) is 24.0 Å². The fraction of sp³-hybridized carbons (Fsp3) is 0.333. The van der Waals surface area contributed by atoms with Crippen LogP contribution in [0.4, 0.5) is 10.8 Å². The number of rotatable bonds is 5. The number of hydrogen-bond acceptors (Lipinski definition) is 5. The topological polar surface area (TPSA) is 80.0 Å². The molecule has 0 radical (unpaired) electrons. The van der Waals surface area contributed by atoms with Crippen LogP contribution in [-0.2, 0) is 0 Å². The Bertz CT molecular complexity index is 730. The van der Waals surface area contributed by atoms with Crippen LogP contribution >= 0.6 is 27.3 Å². The lowest BCUT2D eigenvalue weighted by molar-refractivity contribution is 0.0962. The van der Waals surface area contributed by atoms with Crippen molar-refractivity contribution in [3.05, 3.63) is 45.4 Å². The zero-order valence-corrected chi connectivity index (χ0v) is 17.4. The Kier molecular flexibility index (Phi) is 8.65. The van der Waals surface area contributed by atoms with Gasteiger partial charge >= 0.3 is 0 Å². The molecule has 0 aliphatic carbocycles. The number of nitrogens with zero attached hydrogens (tertiary/aromatic N) is 1. The summed E-state index contributed by atoms with van der Waals surface area (Å²) in [4.78, 5) is 16.6. The summed E-state index contributed by atoms with van der Waals surface area (Å²) in [6.45, 7) is 9.88. The number of nitrogens with two attached hydrogens (primary N) is 1. The standard InChI is InChI=1S/C9H11BrN2O.C9H14N2S/c1-5-3-7(10)6(4-8(5)11)9(13)12-2;1-4-7(3)11-9-10-6-8(5-2)12-9/h3-4H,11H2,1-2H3,(H,12,13);5-7H,2,4H2,1,3H3,(H,10,11)/t;7-/m.1/s1. The zero-order chi connectivity index (χ0) is 19.0. The van der Waals surface area contributed by atoms with E-state index in [1.807, 2.05) is 25.3 Å². The fourth-order valence-electron chi connectivity index (χ4n) is 1.76. The van der Waals surface area contributed by atoms with Crippen molar-refractivity contribution in [2.45, 2.75) is 33.2 Å². The highest BCUT2D eigenvalue weighted by Gasteiger charge is 2.09. The van der Waals surface area contributed by atoms with E-state index in [-0.39, 0.29) is 5.91 Å². The second kappa shape index (κ2) is 10.2. The molecule has 0 spiro atoms. The van der Waals surface area contributed by atoms with Crippen molar-refractivity contribution in [2.75, 3.05) is 18.1 Å². The van der Waals surface area contributed by atoms with Gasteiger partial charge < -0.3 is 16.4 Å². The molecule has 1 aromatic heterocycles. The third-order valence-electron chi connectivity index (χ3n) is 3.53. The zero-order valence-electron chi connectivity index (χ0n) is 15.0. The van der Waals surface area contributed by atoms with E-state index < -0.39 is 0 Å². The summed E-state index contributed by atoms with van der Waals surface area (Å²) in [6, 6.07) is 3.99. The molecule has 0 unspecified atom stereocenters. The van der Waals surface area contributed by atoms with Gasteiger partial charge in [0.25, 0.3) is 5.91 Å². The highest BCUT2D eigenvalue weighted by atomic mass is 79.9. The van der Waals surface area contributed by atoms with Crippen molar-refractivity contribution in [1.82, 2.24) is 10.3 Å². The lowest BCUT2D eigenvalue weighted by atomic mass is 10.1. The third-order valence-corrected chi connectivity index (χ3v) is 5.11. The van der Waals surface area contributed by atoms with Crippen molar-refractivity contribution < 1.29 is 4.79 Å². The Balaban J connectivity index is 0.000000251. The van der Waals surface area contributed by atoms with E-state index >= 15 is 0 Å². The first-order chi connectivity index (χ1) is 11.8. The average molecular weight is 425 g/mol. The molecule has 0 fully saturated rings. The summed E-state index contributed by atoms with van der Waals surface area (Å²) >= 11 is 4.94. The number of halogens is 1. The Morgan fingerprint density at radius 3 is 2.72 bits per heavy atom. The summed E-state index contributed by atoms with van der Waals surface area (Å²) in [7, 11) is 1.59. The normalized spacial score (nSPS) is 11.1. The molecule has 4 N–H and O–H groups in total. The molecule has 0 aliphatic heterocycles. The summed E-state index contributed by atoms with van der Waals surface area (Å²) in [5.74, 6) is -0.140. The number of aromatic nitrogens is 1. The molecule has 2 rings (SSSR count). The van der Waals surface area contributed by atoms with Crippen LogP contribution in [0.1, 0.15) is 41.1 Å². The molecule has 1 heterocycles. The van der Waals surface area contributed by atoms with Gasteiger partial charge in [0.05, 0.1) is 5.56 Å². The number of aryl methyl sites for hydroxylation is 1. The molecule has 0 aliphatic rings. The van der Waals surface area contributed by atoms with Gasteiger partial charge in [0.2, 0.25) is 0 Å². The van der Waals surface area contributed by atoms with Crippen molar-refractivity contribution in [1.29, 1.82) is 0 Å². The van der Waals surface area contributed by atoms with Gasteiger partial charge in [-0.3, -0.25) is 4.79 Å². The SMILES string of the molecule is C=Cc1cnc(N[C@H](C)CC)s1.CNC(=O)c1cc(N)c(C)cc1Br. The predicted molar refractivity (Wildman–Crippen MR) is 112 cm³/mol. The minimum Gasteiger partial charge on any atom is -0.398 e. The molecule has 5 nitrogen and oxygen atoms in total. The van der Waals surface area contributed by atoms with Crippen LogP contribution in [0.15, 0.2) is 29.4 Å². The third kappa shape index (κ3) is 6.51. The van der Waals surface area contributed by atoms with Crippen molar-refractivity contribution >= 4 is 50.1 Å². The van der Waals surface area contributed by atoms with Gasteiger partial charge in [0.15, 0.2) is 5.13 Å². The number of carbonyl (C=O) groups excluding carboxylic acids is 1. The highest BCUT2D eigenvalue weighted by Crippen LogP contribution is 2.23. The number of anilines is 2. The molecule has 25 heavy (non-hydrogen) atoms. The summed E-state index contributed by atoms with van der Waals surface area (Å²) in [5.41, 5.74) is 7.83. The Hall–Kier alpha value is -1.86. The highest BCUT2D eigenvalue weighted by molar-refractivity contribution is 9.10. The largest absolute Gasteiger partial charge is 0.398 e. The van der Waals surface area contributed by atoms with Gasteiger partial charge in [-0.15, -0.1) is 0 Å². The van der Waals surface area contributed by atoms with E-state index in [0.717, 1.165) is 26.5 Å². The molecular formula is C18H25BrN4OS. The second-order valence-electron chi connectivity index (χ2n) is 5.49. The van der Waals surface area contributed by atoms with Gasteiger partial charge in [-0.2, -0.15) is 0 Å². The fourth-order valence-corrected chi connectivity index (χ4v) is 3.17. The summed E-state index contributed by atoms with van der Waals surface area (Å²) in [5, 5.41) is 6.84. The van der Waals surface area contributed by atoms with Gasteiger partial charge in [0.1, 0.15) is 0 Å². The molecule has 1 atom stereocenters. The van der Waals surface area contributed by atoms with Gasteiger partial charge in [-0.1, -0.05) is 30.9 Å². The number of hydrogen-bond donors (Lipinski definition) is 3. The first kappa shape index (κ1) is 21.2. The lowest BCUT2D eigenvalue weighted by Gasteiger charge is -2.08. The average Bonchev–Trinajstić information content (AvgIpc) is 3.05. The van der Waals surface area contributed by atoms with Crippen molar-refractivity contribution in [3.8, 4) is 0 Å². The summed E-state index contributed by atoms with van der Waals surface area (Å²) < 4.78 is 0.763. The van der Waals surface area contributed by atoms with Crippen LogP contribution < -0.4 is 16.4 Å². The maximum Gasteiger partial charge on any atom is 0.252 e. The predicted octanol–water partition coefficient (Wildman–Crippen LogP) is 4.70. The molecule has 0 bridgehead atoms. The van der Waals surface area contributed by atoms with E-state index in [4.69, 9.17) is 5.73 Å². The maximum absolute atomic E-state index is 11.3. The van der Waals surface area contributed by atoms with Gasteiger partial charge in [-0.05, 0) is 53.9 Å². The van der Waals surface area contributed by atoms with Crippen LogP contribution in [0.25, 0.3) is 6.08 Å². The van der Waals surface area contributed by atoms with Gasteiger partial charge in [0, 0.05) is 34.3 Å². The maximum atomic E-state index is 11.3.